The Bertz CT molecular complexity index is 103. The highest BCUT2D eigenvalue weighted by Gasteiger charge is 2.08. The summed E-state index contributed by atoms with van der Waals surface area (Å²) in [5.74, 6) is 0. The van der Waals surface area contributed by atoms with E-state index in [0.29, 0.717) is 13.0 Å². The third-order valence-electron chi connectivity index (χ3n) is 1.42. The minimum Gasteiger partial charge on any atom is -0.394 e. The molecule has 0 saturated heterocycles. The van der Waals surface area contributed by atoms with Crippen LogP contribution in [0.4, 0.5) is 0 Å². The molecular formula is C7H18N2O3. The molecule has 6 N–H and O–H groups in total. The first kappa shape index (κ1) is 11.8. The molecule has 12 heavy (non-hydrogen) atoms. The van der Waals surface area contributed by atoms with Crippen molar-refractivity contribution >= 4 is 0 Å². The number of aliphatic hydroxyl groups is 2. The molecule has 74 valence electrons. The molecule has 2 atom stereocenters. The van der Waals surface area contributed by atoms with Gasteiger partial charge in [-0.2, -0.15) is 0 Å². The van der Waals surface area contributed by atoms with E-state index >= 15 is 0 Å². The monoisotopic (exact) mass is 178 g/mol. The van der Waals surface area contributed by atoms with Crippen LogP contribution in [0.25, 0.3) is 0 Å². The molecule has 2 unspecified atom stereocenters. The Kier molecular flexibility index (Phi) is 7.33. The Labute approximate surface area is 72.3 Å². The molecule has 0 amide bonds. The van der Waals surface area contributed by atoms with Gasteiger partial charge >= 0.3 is 0 Å². The summed E-state index contributed by atoms with van der Waals surface area (Å²) in [7, 11) is 0. The van der Waals surface area contributed by atoms with Gasteiger partial charge in [-0.05, 0) is 6.42 Å². The summed E-state index contributed by atoms with van der Waals surface area (Å²) < 4.78 is 4.89. The van der Waals surface area contributed by atoms with E-state index in [1.165, 1.54) is 0 Å². The average Bonchev–Trinajstić information content (AvgIpc) is 2.05. The van der Waals surface area contributed by atoms with E-state index in [1.54, 1.807) is 0 Å². The maximum atomic E-state index is 9.24. The lowest BCUT2D eigenvalue weighted by atomic mass is 10.1. The van der Waals surface area contributed by atoms with Gasteiger partial charge in [0.1, 0.15) is 0 Å². The first-order valence-corrected chi connectivity index (χ1v) is 4.03. The second-order valence-electron chi connectivity index (χ2n) is 2.68. The topological polar surface area (TPSA) is 102 Å². The van der Waals surface area contributed by atoms with Crippen LogP contribution >= 0.6 is 0 Å². The lowest BCUT2D eigenvalue weighted by Crippen LogP contribution is -2.35. The van der Waals surface area contributed by atoms with Gasteiger partial charge in [0.15, 0.2) is 0 Å². The zero-order valence-corrected chi connectivity index (χ0v) is 7.15. The molecule has 0 aliphatic heterocycles. The smallest absolute Gasteiger partial charge is 0.0788 e. The number of ether oxygens (including phenoxy) is 1. The molecule has 0 radical (unpaired) electrons. The lowest BCUT2D eigenvalue weighted by Gasteiger charge is -2.14. The molecule has 0 fully saturated rings. The summed E-state index contributed by atoms with van der Waals surface area (Å²) >= 11 is 0. The van der Waals surface area contributed by atoms with Crippen molar-refractivity contribution in [1.29, 1.82) is 0 Å². The number of hydrogen-bond donors (Lipinski definition) is 4. The molecule has 5 heteroatoms. The molecule has 5 nitrogen and oxygen atoms in total. The van der Waals surface area contributed by atoms with Gasteiger partial charge in [0.2, 0.25) is 0 Å². The van der Waals surface area contributed by atoms with Crippen LogP contribution in [0, 0.1) is 0 Å². The summed E-state index contributed by atoms with van der Waals surface area (Å²) in [4.78, 5) is 0. The largest absolute Gasteiger partial charge is 0.394 e. The maximum absolute atomic E-state index is 9.24. The first-order valence-electron chi connectivity index (χ1n) is 4.03. The average molecular weight is 178 g/mol. The standard InChI is InChI=1S/C7H18N2O3/c8-4-6(9)3-7(11)5-12-2-1-10/h6-7,10-11H,1-5,8-9H2. The van der Waals surface area contributed by atoms with E-state index in [-0.39, 0.29) is 25.9 Å². The maximum Gasteiger partial charge on any atom is 0.0788 e. The highest BCUT2D eigenvalue weighted by Crippen LogP contribution is 1.95. The van der Waals surface area contributed by atoms with Gasteiger partial charge < -0.3 is 26.4 Å². The van der Waals surface area contributed by atoms with Crippen LogP contribution < -0.4 is 11.5 Å². The Morgan fingerprint density at radius 3 is 2.58 bits per heavy atom. The van der Waals surface area contributed by atoms with E-state index in [1.807, 2.05) is 0 Å². The van der Waals surface area contributed by atoms with E-state index in [0.717, 1.165) is 0 Å². The van der Waals surface area contributed by atoms with Crippen LogP contribution in [0.5, 0.6) is 0 Å². The Hall–Kier alpha value is -0.200. The SMILES string of the molecule is NCC(N)CC(O)COCCO. The van der Waals surface area contributed by atoms with Gasteiger partial charge in [0.05, 0.1) is 25.9 Å². The van der Waals surface area contributed by atoms with Crippen molar-refractivity contribution in [2.45, 2.75) is 18.6 Å². The van der Waals surface area contributed by atoms with Crippen molar-refractivity contribution in [2.75, 3.05) is 26.4 Å². The fourth-order valence-electron chi connectivity index (χ4n) is 0.798. The molecule has 0 aromatic heterocycles. The molecule has 0 aliphatic carbocycles. The van der Waals surface area contributed by atoms with Crippen LogP contribution in [-0.2, 0) is 4.74 Å². The Morgan fingerprint density at radius 1 is 1.42 bits per heavy atom. The molecule has 0 saturated carbocycles. The third kappa shape index (κ3) is 6.51. The van der Waals surface area contributed by atoms with Gasteiger partial charge in [-0.1, -0.05) is 0 Å². The predicted octanol–water partition coefficient (Wildman–Crippen LogP) is -1.97. The zero-order chi connectivity index (χ0) is 9.40. The van der Waals surface area contributed by atoms with E-state index in [9.17, 15) is 5.11 Å². The van der Waals surface area contributed by atoms with E-state index in [2.05, 4.69) is 0 Å². The van der Waals surface area contributed by atoms with Crippen molar-refractivity contribution in [1.82, 2.24) is 0 Å². The van der Waals surface area contributed by atoms with Crippen LogP contribution in [-0.4, -0.2) is 48.7 Å². The molecule has 0 aromatic rings. The molecule has 0 heterocycles. The minimum absolute atomic E-state index is 0.0321. The summed E-state index contributed by atoms with van der Waals surface area (Å²) in [5.41, 5.74) is 10.7. The van der Waals surface area contributed by atoms with Crippen molar-refractivity contribution in [3.05, 3.63) is 0 Å². The number of nitrogens with two attached hydrogens (primary N) is 2. The highest BCUT2D eigenvalue weighted by molar-refractivity contribution is 4.67. The Morgan fingerprint density at radius 2 is 2.08 bits per heavy atom. The first-order chi connectivity index (χ1) is 5.70. The summed E-state index contributed by atoms with van der Waals surface area (Å²) in [6.45, 7) is 0.774. The third-order valence-corrected chi connectivity index (χ3v) is 1.42. The van der Waals surface area contributed by atoms with Crippen molar-refractivity contribution < 1.29 is 14.9 Å². The number of aliphatic hydroxyl groups excluding tert-OH is 2. The fraction of sp³-hybridized carbons (Fsp3) is 1.00. The normalized spacial score (nSPS) is 16.0. The summed E-state index contributed by atoms with van der Waals surface area (Å²) in [6, 6.07) is -0.183. The summed E-state index contributed by atoms with van der Waals surface area (Å²) in [6.07, 6.45) is -0.155. The lowest BCUT2D eigenvalue weighted by molar-refractivity contribution is 0.0157. The molecule has 0 bridgehead atoms. The number of rotatable bonds is 7. The van der Waals surface area contributed by atoms with Crippen molar-refractivity contribution in [2.24, 2.45) is 11.5 Å². The van der Waals surface area contributed by atoms with Gasteiger partial charge in [0, 0.05) is 12.6 Å². The second kappa shape index (κ2) is 7.45. The van der Waals surface area contributed by atoms with Crippen LogP contribution in [0.1, 0.15) is 6.42 Å². The van der Waals surface area contributed by atoms with Gasteiger partial charge in [-0.15, -0.1) is 0 Å². The van der Waals surface area contributed by atoms with E-state index in [4.69, 9.17) is 21.3 Å². The van der Waals surface area contributed by atoms with Crippen LogP contribution in [0.3, 0.4) is 0 Å². The molecule has 0 spiro atoms. The van der Waals surface area contributed by atoms with Crippen LogP contribution in [0.15, 0.2) is 0 Å². The quantitative estimate of drug-likeness (QED) is 0.339. The molecule has 0 rings (SSSR count). The van der Waals surface area contributed by atoms with Gasteiger partial charge in [-0.3, -0.25) is 0 Å². The Balaban J connectivity index is 3.26. The molecular weight excluding hydrogens is 160 g/mol. The van der Waals surface area contributed by atoms with Crippen molar-refractivity contribution in [3.8, 4) is 0 Å². The number of hydrogen-bond acceptors (Lipinski definition) is 5. The van der Waals surface area contributed by atoms with Gasteiger partial charge in [-0.25, -0.2) is 0 Å². The fourth-order valence-corrected chi connectivity index (χ4v) is 0.798. The van der Waals surface area contributed by atoms with Gasteiger partial charge in [0.25, 0.3) is 0 Å². The zero-order valence-electron chi connectivity index (χ0n) is 7.15. The summed E-state index contributed by atoms with van der Waals surface area (Å²) in [5, 5.41) is 17.6. The highest BCUT2D eigenvalue weighted by atomic mass is 16.5. The van der Waals surface area contributed by atoms with Crippen molar-refractivity contribution in [3.63, 3.8) is 0 Å². The molecule has 0 aliphatic rings. The minimum atomic E-state index is -0.588. The predicted molar refractivity (Wildman–Crippen MR) is 45.6 cm³/mol. The molecule has 0 aromatic carbocycles. The van der Waals surface area contributed by atoms with Crippen LogP contribution in [0.2, 0.25) is 0 Å². The second-order valence-corrected chi connectivity index (χ2v) is 2.68. The van der Waals surface area contributed by atoms with E-state index < -0.39 is 6.10 Å².